The van der Waals surface area contributed by atoms with Crippen LogP contribution in [0, 0.1) is 0 Å². The average molecular weight is 968 g/mol. The van der Waals surface area contributed by atoms with E-state index >= 15 is 0 Å². The summed E-state index contributed by atoms with van der Waals surface area (Å²) in [6.07, 6.45) is 7.05. The van der Waals surface area contributed by atoms with Crippen molar-refractivity contribution in [3.63, 3.8) is 0 Å². The molecule has 9 aromatic carbocycles. The molecule has 0 unspecified atom stereocenters. The molecule has 0 spiro atoms. The zero-order valence-corrected chi connectivity index (χ0v) is 39.6. The van der Waals surface area contributed by atoms with Crippen LogP contribution >= 0.6 is 0 Å². The Bertz CT molecular complexity index is 5100. The summed E-state index contributed by atoms with van der Waals surface area (Å²) in [6, 6.07) is 54.6. The van der Waals surface area contributed by atoms with Crippen molar-refractivity contribution in [2.75, 3.05) is 0 Å². The van der Waals surface area contributed by atoms with Gasteiger partial charge in [0.15, 0.2) is 17.5 Å². The van der Waals surface area contributed by atoms with Crippen LogP contribution in [-0.4, -0.2) is 29.5 Å². The maximum absolute atomic E-state index is 9.31. The lowest BCUT2D eigenvalue weighted by atomic mass is 9.97. The molecular formula is C67H40N6O2. The lowest BCUT2D eigenvalue weighted by molar-refractivity contribution is 0.669. The number of nitrogens with zero attached hydrogens (tertiary/aromatic N) is 6. The lowest BCUT2D eigenvalue weighted by Gasteiger charge is -2.15. The van der Waals surface area contributed by atoms with Gasteiger partial charge in [0.1, 0.15) is 22.3 Å². The number of fused-ring (bicyclic) bond motifs is 9. The third-order valence-corrected chi connectivity index (χ3v) is 13.9. The van der Waals surface area contributed by atoms with E-state index in [0.29, 0.717) is 39.6 Å². The molecule has 8 nitrogen and oxygen atoms in total. The number of rotatable bonds is 8. The van der Waals surface area contributed by atoms with E-state index in [4.69, 9.17) is 30.6 Å². The van der Waals surface area contributed by atoms with Crippen molar-refractivity contribution in [3.8, 4) is 84.4 Å². The van der Waals surface area contributed by atoms with Gasteiger partial charge in [0.25, 0.3) is 0 Å². The molecule has 0 bridgehead atoms. The summed E-state index contributed by atoms with van der Waals surface area (Å²) in [5, 5.41) is 4.12. The molecule has 350 valence electrons. The van der Waals surface area contributed by atoms with E-state index in [-0.39, 0.29) is 57.8 Å². The number of pyridine rings is 2. The topological polar surface area (TPSA) is 95.7 Å². The van der Waals surface area contributed by atoms with Gasteiger partial charge in [0.2, 0.25) is 0 Å². The van der Waals surface area contributed by atoms with Crippen LogP contribution in [0.4, 0.5) is 0 Å². The van der Waals surface area contributed by atoms with E-state index < -0.39 is 12.1 Å². The highest BCUT2D eigenvalue weighted by atomic mass is 16.3. The average Bonchev–Trinajstić information content (AvgIpc) is 3.34. The number of furan rings is 2. The second kappa shape index (κ2) is 17.2. The van der Waals surface area contributed by atoms with Gasteiger partial charge >= 0.3 is 0 Å². The number of hydrogen-bond acceptors (Lipinski definition) is 7. The molecular weight excluding hydrogens is 921 g/mol. The molecule has 0 atom stereocenters. The van der Waals surface area contributed by atoms with Crippen molar-refractivity contribution in [1.29, 1.82) is 0 Å². The van der Waals surface area contributed by atoms with E-state index in [2.05, 4.69) is 58.5 Å². The van der Waals surface area contributed by atoms with Gasteiger partial charge in [-0.05, 0) is 101 Å². The Balaban J connectivity index is 0.937. The molecule has 0 amide bonds. The van der Waals surface area contributed by atoms with Crippen LogP contribution in [0.2, 0.25) is 0 Å². The minimum atomic E-state index is -0.488. The molecule has 0 saturated heterocycles. The van der Waals surface area contributed by atoms with Crippen LogP contribution in [0.15, 0.2) is 252 Å². The van der Waals surface area contributed by atoms with Gasteiger partial charge in [-0.25, -0.2) is 15.0 Å². The summed E-state index contributed by atoms with van der Waals surface area (Å²) < 4.78 is 77.7. The van der Waals surface area contributed by atoms with E-state index in [1.165, 1.54) is 6.07 Å². The van der Waals surface area contributed by atoms with Gasteiger partial charge in [-0.15, -0.1) is 0 Å². The summed E-state index contributed by atoms with van der Waals surface area (Å²) in [4.78, 5) is 24.7. The Morgan fingerprint density at radius 3 is 1.65 bits per heavy atom. The van der Waals surface area contributed by atoms with Gasteiger partial charge in [-0.1, -0.05) is 139 Å². The Kier molecular flexibility index (Phi) is 8.19. The van der Waals surface area contributed by atoms with Gasteiger partial charge in [0.05, 0.1) is 26.3 Å². The van der Waals surface area contributed by atoms with Gasteiger partial charge in [-0.3, -0.25) is 9.97 Å². The van der Waals surface area contributed by atoms with Crippen LogP contribution in [0.5, 0.6) is 0 Å². The molecule has 0 aliphatic carbocycles. The molecule has 8 heteroatoms. The molecule has 15 rings (SSSR count). The van der Waals surface area contributed by atoms with Crippen LogP contribution in [0.1, 0.15) is 9.60 Å². The monoisotopic (exact) mass is 967 g/mol. The van der Waals surface area contributed by atoms with Gasteiger partial charge < -0.3 is 13.4 Å². The fourth-order valence-corrected chi connectivity index (χ4v) is 10.5. The van der Waals surface area contributed by atoms with Crippen molar-refractivity contribution in [1.82, 2.24) is 29.5 Å². The third-order valence-electron chi connectivity index (χ3n) is 13.9. The molecule has 0 aliphatic heterocycles. The first-order valence-electron chi connectivity index (χ1n) is 27.9. The van der Waals surface area contributed by atoms with E-state index in [1.54, 1.807) is 41.5 Å². The fourth-order valence-electron chi connectivity index (χ4n) is 10.5. The second-order valence-electron chi connectivity index (χ2n) is 18.3. The molecule has 0 N–H and O–H groups in total. The minimum Gasteiger partial charge on any atom is -0.455 e. The first-order chi connectivity index (χ1) is 40.1. The van der Waals surface area contributed by atoms with E-state index in [1.807, 2.05) is 109 Å². The number of aromatic nitrogens is 6. The highest BCUT2D eigenvalue weighted by Gasteiger charge is 2.22. The van der Waals surface area contributed by atoms with Gasteiger partial charge in [-0.2, -0.15) is 0 Å². The molecule has 0 radical (unpaired) electrons. The SMILES string of the molecule is [2H]c1cc([2H])c2c(c1[2H])c1c([2H])c([2H])c([2H])c([2H])c1n2-c1ccccc1-c1nc(-c2cc(-c3cccnc3)cc(-c3cccnc3)c2)nc(-c2cccc(-c3cccc4c3oc3ccc(-c5cccc6c5oc5ccccc56)cc34)c2)n1. The quantitative estimate of drug-likeness (QED) is 0.150. The van der Waals surface area contributed by atoms with Crippen LogP contribution in [0.25, 0.3) is 150 Å². The zero-order valence-electron chi connectivity index (χ0n) is 46.6. The summed E-state index contributed by atoms with van der Waals surface area (Å²) >= 11 is 0. The van der Waals surface area contributed by atoms with Crippen molar-refractivity contribution in [2.24, 2.45) is 0 Å². The number of para-hydroxylation sites is 6. The summed E-state index contributed by atoms with van der Waals surface area (Å²) in [5.41, 5.74) is 12.6. The highest BCUT2D eigenvalue weighted by molar-refractivity contribution is 6.14. The largest absolute Gasteiger partial charge is 0.455 e. The molecule has 6 aromatic heterocycles. The normalized spacial score (nSPS) is 13.0. The van der Waals surface area contributed by atoms with Crippen molar-refractivity contribution >= 4 is 65.7 Å². The molecule has 0 saturated carbocycles. The van der Waals surface area contributed by atoms with Crippen LogP contribution < -0.4 is 0 Å². The van der Waals surface area contributed by atoms with Crippen LogP contribution in [0.3, 0.4) is 0 Å². The Morgan fingerprint density at radius 2 is 0.893 bits per heavy atom. The maximum atomic E-state index is 9.31. The van der Waals surface area contributed by atoms with E-state index in [0.717, 1.165) is 82.8 Å². The molecule has 75 heavy (non-hydrogen) atoms. The summed E-state index contributed by atoms with van der Waals surface area (Å²) in [6.45, 7) is 0. The summed E-state index contributed by atoms with van der Waals surface area (Å²) in [7, 11) is 0. The number of benzene rings is 9. The lowest BCUT2D eigenvalue weighted by Crippen LogP contribution is -2.04. The van der Waals surface area contributed by atoms with Crippen LogP contribution in [-0.2, 0) is 0 Å². The van der Waals surface area contributed by atoms with Crippen molar-refractivity contribution in [2.45, 2.75) is 0 Å². The second-order valence-corrected chi connectivity index (χ2v) is 18.3. The predicted molar refractivity (Wildman–Crippen MR) is 302 cm³/mol. The smallest absolute Gasteiger partial charge is 0.166 e. The predicted octanol–water partition coefficient (Wildman–Crippen LogP) is 17.2. The highest BCUT2D eigenvalue weighted by Crippen LogP contribution is 2.42. The first kappa shape index (κ1) is 35.7. The fraction of sp³-hybridized carbons (Fsp3) is 0. The summed E-state index contributed by atoms with van der Waals surface area (Å²) in [5.74, 6) is 0.863. The third kappa shape index (κ3) is 7.11. The molecule has 0 fully saturated rings. The zero-order chi connectivity index (χ0) is 55.5. The Hall–Kier alpha value is -10.3. The van der Waals surface area contributed by atoms with Gasteiger partial charge in [0, 0.05) is 96.0 Å². The molecule has 6 heterocycles. The molecule has 0 aliphatic rings. The van der Waals surface area contributed by atoms with E-state index in [9.17, 15) is 2.74 Å². The number of hydrogen-bond donors (Lipinski definition) is 0. The minimum absolute atomic E-state index is 0.0348. The maximum Gasteiger partial charge on any atom is 0.166 e. The van der Waals surface area contributed by atoms with Crippen molar-refractivity contribution in [3.05, 3.63) is 243 Å². The van der Waals surface area contributed by atoms with Crippen molar-refractivity contribution < 1.29 is 18.4 Å². The first-order valence-corrected chi connectivity index (χ1v) is 24.4. The molecule has 15 aromatic rings. The Morgan fingerprint density at radius 1 is 0.347 bits per heavy atom. The Labute approximate surface area is 439 Å². The standard InChI is InChI=1S/C67H40N6O2/c1-5-26-58-51(18-1)52-19-2-6-27-59(52)73(58)60-28-7-3-21-56(60)67-71-65(70-66(72-67)48-36-46(44-16-12-32-68-39-44)35-47(37-48)45-17-13-33-69-40-45)43-15-9-14-41(34-43)49-22-11-25-55-57-38-42(30-31-62(57)75-64(49)55)50-23-10-24-54-53-20-4-8-29-61(53)74-63(50)54/h1-40H/i1D,2D,5D,18D,19D,26D,27D.